The molecule has 2 aromatic rings. The van der Waals surface area contributed by atoms with E-state index in [2.05, 4.69) is 16.5 Å². The Morgan fingerprint density at radius 2 is 2.18 bits per heavy atom. The molecular formula is C17H23N3O2. The summed E-state index contributed by atoms with van der Waals surface area (Å²) in [5, 5.41) is 9.12. The lowest BCUT2D eigenvalue weighted by Crippen LogP contribution is -2.13. The second-order valence-corrected chi connectivity index (χ2v) is 5.34. The molecule has 22 heavy (non-hydrogen) atoms. The number of carbonyl (C=O) groups excluding carboxylic acids is 1. The fraction of sp³-hybridized carbons (Fsp3) is 0.412. The number of rotatable bonds is 7. The summed E-state index contributed by atoms with van der Waals surface area (Å²) in [4.78, 5) is 16.4. The molecule has 0 bridgehead atoms. The number of hydrogen-bond donors (Lipinski definition) is 2. The summed E-state index contributed by atoms with van der Waals surface area (Å²) in [7, 11) is 0. The number of aromatic nitrogens is 2. The molecular weight excluding hydrogens is 278 g/mol. The molecule has 0 aliphatic rings. The van der Waals surface area contributed by atoms with Crippen molar-refractivity contribution in [3.05, 3.63) is 41.3 Å². The van der Waals surface area contributed by atoms with Crippen LogP contribution in [0.15, 0.2) is 24.4 Å². The minimum atomic E-state index is -0.432. The normalized spacial score (nSPS) is 10.9. The second kappa shape index (κ2) is 7.22. The number of primary amides is 1. The quantitative estimate of drug-likeness (QED) is 0.823. The molecule has 0 atom stereocenters. The summed E-state index contributed by atoms with van der Waals surface area (Å²) in [5.41, 5.74) is 9.70. The highest BCUT2D eigenvalue weighted by atomic mass is 16.3. The number of pyridine rings is 1. The number of carbonyl (C=O) groups is 1. The number of hydrogen-bond acceptors (Lipinski definition) is 3. The molecule has 0 saturated heterocycles. The van der Waals surface area contributed by atoms with E-state index in [0.717, 1.165) is 35.5 Å². The summed E-state index contributed by atoms with van der Waals surface area (Å²) < 4.78 is 2.10. The van der Waals surface area contributed by atoms with E-state index < -0.39 is 5.91 Å². The van der Waals surface area contributed by atoms with Crippen LogP contribution in [0.25, 0.3) is 11.3 Å². The number of amides is 1. The molecule has 0 fully saturated rings. The van der Waals surface area contributed by atoms with Gasteiger partial charge in [0.1, 0.15) is 0 Å². The summed E-state index contributed by atoms with van der Waals surface area (Å²) in [5.74, 6) is -0.432. The highest BCUT2D eigenvalue weighted by molar-refractivity contribution is 6.01. The summed E-state index contributed by atoms with van der Waals surface area (Å²) in [6, 6.07) is 5.66. The monoisotopic (exact) mass is 301 g/mol. The maximum atomic E-state index is 12.0. The highest BCUT2D eigenvalue weighted by Gasteiger charge is 2.24. The Morgan fingerprint density at radius 3 is 2.73 bits per heavy atom. The fourth-order valence-electron chi connectivity index (χ4n) is 2.91. The number of nitrogens with zero attached hydrogens (tertiary/aromatic N) is 2. The van der Waals surface area contributed by atoms with Gasteiger partial charge < -0.3 is 15.4 Å². The van der Waals surface area contributed by atoms with Crippen LogP contribution in [-0.2, 0) is 13.0 Å². The smallest absolute Gasteiger partial charge is 0.251 e. The van der Waals surface area contributed by atoms with E-state index in [9.17, 15) is 4.79 Å². The average Bonchev–Trinajstić information content (AvgIpc) is 2.79. The van der Waals surface area contributed by atoms with Crippen molar-refractivity contribution in [3.63, 3.8) is 0 Å². The van der Waals surface area contributed by atoms with Gasteiger partial charge in [0.05, 0.1) is 11.3 Å². The Hall–Kier alpha value is -2.14. The first-order chi connectivity index (χ1) is 10.6. The molecule has 0 aliphatic carbocycles. The minimum absolute atomic E-state index is 0.119. The zero-order valence-electron chi connectivity index (χ0n) is 13.2. The van der Waals surface area contributed by atoms with Crippen LogP contribution in [0.4, 0.5) is 0 Å². The predicted octanol–water partition coefficient (Wildman–Crippen LogP) is 2.29. The minimum Gasteiger partial charge on any atom is -0.396 e. The molecule has 3 N–H and O–H groups in total. The van der Waals surface area contributed by atoms with Gasteiger partial charge in [-0.05, 0) is 31.9 Å². The van der Waals surface area contributed by atoms with E-state index in [-0.39, 0.29) is 6.61 Å². The van der Waals surface area contributed by atoms with Crippen molar-refractivity contribution in [3.8, 4) is 11.3 Å². The maximum absolute atomic E-state index is 12.0. The Labute approximate surface area is 130 Å². The van der Waals surface area contributed by atoms with Crippen LogP contribution in [0.5, 0.6) is 0 Å². The predicted molar refractivity (Wildman–Crippen MR) is 86.6 cm³/mol. The maximum Gasteiger partial charge on any atom is 0.251 e. The molecule has 5 heteroatoms. The topological polar surface area (TPSA) is 81.1 Å². The first-order valence-corrected chi connectivity index (χ1v) is 7.65. The molecule has 2 rings (SSSR count). The van der Waals surface area contributed by atoms with Crippen molar-refractivity contribution in [2.45, 2.75) is 39.7 Å². The molecule has 118 valence electrons. The lowest BCUT2D eigenvalue weighted by Gasteiger charge is -2.11. The van der Waals surface area contributed by atoms with Crippen molar-refractivity contribution in [2.75, 3.05) is 6.61 Å². The van der Waals surface area contributed by atoms with Crippen molar-refractivity contribution >= 4 is 5.91 Å². The van der Waals surface area contributed by atoms with Gasteiger partial charge in [0.15, 0.2) is 0 Å². The van der Waals surface area contributed by atoms with Crippen LogP contribution in [0.3, 0.4) is 0 Å². The highest BCUT2D eigenvalue weighted by Crippen LogP contribution is 2.32. The molecule has 2 aromatic heterocycles. The first-order valence-electron chi connectivity index (χ1n) is 7.65. The first kappa shape index (κ1) is 16.2. The van der Waals surface area contributed by atoms with Crippen LogP contribution >= 0.6 is 0 Å². The molecule has 5 nitrogen and oxygen atoms in total. The summed E-state index contributed by atoms with van der Waals surface area (Å²) in [6.07, 6.45) is 4.16. The van der Waals surface area contributed by atoms with Gasteiger partial charge in [-0.1, -0.05) is 19.4 Å². The molecule has 0 aromatic carbocycles. The Kier molecular flexibility index (Phi) is 5.33. The number of aliphatic hydroxyl groups is 1. The van der Waals surface area contributed by atoms with Crippen LogP contribution < -0.4 is 5.73 Å². The zero-order chi connectivity index (χ0) is 16.1. The van der Waals surface area contributed by atoms with Crippen molar-refractivity contribution in [1.29, 1.82) is 0 Å². The van der Waals surface area contributed by atoms with Crippen LogP contribution in [-0.4, -0.2) is 27.2 Å². The van der Waals surface area contributed by atoms with E-state index in [4.69, 9.17) is 10.8 Å². The molecule has 0 spiro atoms. The van der Waals surface area contributed by atoms with E-state index in [1.165, 1.54) is 0 Å². The third-order valence-corrected chi connectivity index (χ3v) is 3.83. The van der Waals surface area contributed by atoms with Gasteiger partial charge in [-0.2, -0.15) is 0 Å². The van der Waals surface area contributed by atoms with Crippen LogP contribution in [0.1, 0.15) is 41.5 Å². The Balaban J connectivity index is 2.69. The third-order valence-electron chi connectivity index (χ3n) is 3.83. The number of aliphatic hydroxyl groups excluding tert-OH is 1. The molecule has 1 amide bonds. The van der Waals surface area contributed by atoms with Gasteiger partial charge in [0.2, 0.25) is 0 Å². The van der Waals surface area contributed by atoms with Crippen LogP contribution in [0.2, 0.25) is 0 Å². The van der Waals surface area contributed by atoms with Crippen molar-refractivity contribution in [2.24, 2.45) is 5.73 Å². The van der Waals surface area contributed by atoms with Gasteiger partial charge in [0, 0.05) is 36.3 Å². The van der Waals surface area contributed by atoms with Crippen molar-refractivity contribution in [1.82, 2.24) is 9.55 Å². The number of nitrogens with two attached hydrogens (primary N) is 1. The summed E-state index contributed by atoms with van der Waals surface area (Å²) >= 11 is 0. The fourth-order valence-corrected chi connectivity index (χ4v) is 2.91. The lowest BCUT2D eigenvalue weighted by atomic mass is 10.0. The molecule has 0 saturated carbocycles. The molecule has 0 aliphatic heterocycles. The standard InChI is InChI=1S/C17H23N3O2/c1-3-7-14-16(13-8-4-5-9-19-13)15(17(18)22)12(2)20(14)10-6-11-21/h4-5,8-9,21H,3,6-7,10-11H2,1-2H3,(H2,18,22). The Bertz CT molecular complexity index is 648. The van der Waals surface area contributed by atoms with Crippen molar-refractivity contribution < 1.29 is 9.90 Å². The van der Waals surface area contributed by atoms with Gasteiger partial charge in [0.25, 0.3) is 5.91 Å². The lowest BCUT2D eigenvalue weighted by molar-refractivity contribution is 0.1000. The summed E-state index contributed by atoms with van der Waals surface area (Å²) in [6.45, 7) is 4.80. The molecule has 0 unspecified atom stereocenters. The SMILES string of the molecule is CCCc1c(-c2ccccn2)c(C(N)=O)c(C)n1CCCO. The zero-order valence-corrected chi connectivity index (χ0v) is 13.2. The van der Waals surface area contributed by atoms with Gasteiger partial charge in [-0.3, -0.25) is 9.78 Å². The molecule has 0 radical (unpaired) electrons. The second-order valence-electron chi connectivity index (χ2n) is 5.34. The third kappa shape index (κ3) is 3.04. The van der Waals surface area contributed by atoms with E-state index in [1.807, 2.05) is 25.1 Å². The Morgan fingerprint density at radius 1 is 1.41 bits per heavy atom. The van der Waals surface area contributed by atoms with Crippen LogP contribution in [0, 0.1) is 6.92 Å². The van der Waals surface area contributed by atoms with E-state index in [1.54, 1.807) is 6.20 Å². The average molecular weight is 301 g/mol. The van der Waals surface area contributed by atoms with Gasteiger partial charge in [-0.15, -0.1) is 0 Å². The largest absolute Gasteiger partial charge is 0.396 e. The van der Waals surface area contributed by atoms with E-state index >= 15 is 0 Å². The molecule has 2 heterocycles. The van der Waals surface area contributed by atoms with Gasteiger partial charge in [-0.25, -0.2) is 0 Å². The van der Waals surface area contributed by atoms with E-state index in [0.29, 0.717) is 18.5 Å². The van der Waals surface area contributed by atoms with Gasteiger partial charge >= 0.3 is 0 Å².